The zero-order valence-corrected chi connectivity index (χ0v) is 8.42. The standard InChI is InChI=1S/C8H6F4N2O3/c1-4-7(14(15)16)5(2-9)6(3-13-4)17-8(10,11)12/h3H,2H2,1H3. The molecule has 0 aliphatic rings. The highest BCUT2D eigenvalue weighted by atomic mass is 19.4. The Morgan fingerprint density at radius 3 is 2.53 bits per heavy atom. The summed E-state index contributed by atoms with van der Waals surface area (Å²) in [5.41, 5.74) is -1.77. The van der Waals surface area contributed by atoms with Crippen LogP contribution in [-0.4, -0.2) is 16.3 Å². The molecule has 0 aliphatic heterocycles. The average Bonchev–Trinajstić information content (AvgIpc) is 2.17. The fourth-order valence-electron chi connectivity index (χ4n) is 1.21. The molecule has 1 aromatic heterocycles. The molecule has 0 saturated carbocycles. The molecular weight excluding hydrogens is 248 g/mol. The molecule has 0 aromatic carbocycles. The normalized spacial score (nSPS) is 11.4. The van der Waals surface area contributed by atoms with Gasteiger partial charge in [-0.3, -0.25) is 15.1 Å². The van der Waals surface area contributed by atoms with Crippen LogP contribution in [0.25, 0.3) is 0 Å². The Morgan fingerprint density at radius 2 is 2.12 bits per heavy atom. The van der Waals surface area contributed by atoms with Gasteiger partial charge in [-0.15, -0.1) is 13.2 Å². The number of nitro groups is 1. The Bertz CT molecular complexity index is 447. The zero-order valence-electron chi connectivity index (χ0n) is 8.42. The second-order valence-electron chi connectivity index (χ2n) is 2.97. The van der Waals surface area contributed by atoms with Gasteiger partial charge in [0.05, 0.1) is 11.1 Å². The molecule has 5 nitrogen and oxygen atoms in total. The van der Waals surface area contributed by atoms with E-state index in [0.717, 1.165) is 0 Å². The van der Waals surface area contributed by atoms with E-state index in [2.05, 4.69) is 9.72 Å². The quantitative estimate of drug-likeness (QED) is 0.472. The molecule has 0 saturated heterocycles. The summed E-state index contributed by atoms with van der Waals surface area (Å²) in [5, 5.41) is 10.6. The molecule has 17 heavy (non-hydrogen) atoms. The lowest BCUT2D eigenvalue weighted by Gasteiger charge is -2.11. The number of nitrogens with zero attached hydrogens (tertiary/aromatic N) is 2. The van der Waals surface area contributed by atoms with Crippen molar-refractivity contribution in [2.75, 3.05) is 0 Å². The third kappa shape index (κ3) is 3.02. The minimum atomic E-state index is -5.06. The average molecular weight is 254 g/mol. The SMILES string of the molecule is Cc1ncc(OC(F)(F)F)c(CF)c1[N+](=O)[O-]. The van der Waals surface area contributed by atoms with Gasteiger partial charge in [0.1, 0.15) is 17.9 Å². The maximum absolute atomic E-state index is 12.6. The minimum absolute atomic E-state index is 0.183. The molecule has 1 rings (SSSR count). The van der Waals surface area contributed by atoms with Crippen LogP contribution in [0.4, 0.5) is 23.2 Å². The number of hydrogen-bond donors (Lipinski definition) is 0. The molecule has 0 atom stereocenters. The highest BCUT2D eigenvalue weighted by Gasteiger charge is 2.34. The number of pyridine rings is 1. The second kappa shape index (κ2) is 4.52. The van der Waals surface area contributed by atoms with Crippen molar-refractivity contribution in [3.05, 3.63) is 27.6 Å². The van der Waals surface area contributed by atoms with E-state index in [1.54, 1.807) is 0 Å². The Kier molecular flexibility index (Phi) is 3.49. The fourth-order valence-corrected chi connectivity index (χ4v) is 1.21. The summed E-state index contributed by atoms with van der Waals surface area (Å²) >= 11 is 0. The summed E-state index contributed by atoms with van der Waals surface area (Å²) in [5.74, 6) is -1.00. The lowest BCUT2D eigenvalue weighted by atomic mass is 10.2. The fraction of sp³-hybridized carbons (Fsp3) is 0.375. The first-order valence-electron chi connectivity index (χ1n) is 4.21. The first-order valence-corrected chi connectivity index (χ1v) is 4.21. The van der Waals surface area contributed by atoms with E-state index < -0.39 is 35.0 Å². The molecule has 0 radical (unpaired) electrons. The van der Waals surface area contributed by atoms with Crippen molar-refractivity contribution in [1.29, 1.82) is 0 Å². The Morgan fingerprint density at radius 1 is 1.53 bits per heavy atom. The molecule has 1 aromatic rings. The van der Waals surface area contributed by atoms with E-state index in [1.807, 2.05) is 0 Å². The third-order valence-electron chi connectivity index (χ3n) is 1.84. The molecule has 0 aliphatic carbocycles. The van der Waals surface area contributed by atoms with Gasteiger partial charge in [0.15, 0.2) is 5.75 Å². The van der Waals surface area contributed by atoms with Gasteiger partial charge in [-0.05, 0) is 6.92 Å². The van der Waals surface area contributed by atoms with E-state index >= 15 is 0 Å². The van der Waals surface area contributed by atoms with Crippen LogP contribution in [0.2, 0.25) is 0 Å². The van der Waals surface area contributed by atoms with Crippen LogP contribution in [0.3, 0.4) is 0 Å². The lowest BCUT2D eigenvalue weighted by molar-refractivity contribution is -0.386. The molecular formula is C8H6F4N2O3. The molecule has 94 valence electrons. The number of halogens is 4. The first kappa shape index (κ1) is 13.1. The van der Waals surface area contributed by atoms with Crippen LogP contribution in [0, 0.1) is 17.0 Å². The molecule has 0 bridgehead atoms. The van der Waals surface area contributed by atoms with Crippen molar-refractivity contribution >= 4 is 5.69 Å². The van der Waals surface area contributed by atoms with Gasteiger partial charge in [-0.25, -0.2) is 4.39 Å². The summed E-state index contributed by atoms with van der Waals surface area (Å²) < 4.78 is 51.9. The van der Waals surface area contributed by atoms with E-state index in [1.165, 1.54) is 6.92 Å². The van der Waals surface area contributed by atoms with E-state index in [9.17, 15) is 27.7 Å². The van der Waals surface area contributed by atoms with Crippen molar-refractivity contribution < 1.29 is 27.2 Å². The Balaban J connectivity index is 3.33. The number of ether oxygens (including phenoxy) is 1. The number of aromatic nitrogens is 1. The van der Waals surface area contributed by atoms with Crippen LogP contribution < -0.4 is 4.74 Å². The van der Waals surface area contributed by atoms with Crippen molar-refractivity contribution in [2.24, 2.45) is 0 Å². The first-order chi connectivity index (χ1) is 7.76. The van der Waals surface area contributed by atoms with E-state index in [4.69, 9.17) is 0 Å². The van der Waals surface area contributed by atoms with Gasteiger partial charge < -0.3 is 4.74 Å². The van der Waals surface area contributed by atoms with Crippen LogP contribution in [0.5, 0.6) is 5.75 Å². The van der Waals surface area contributed by atoms with Crippen LogP contribution in [0.15, 0.2) is 6.20 Å². The summed E-state index contributed by atoms with van der Waals surface area (Å²) in [4.78, 5) is 12.9. The smallest absolute Gasteiger partial charge is 0.403 e. The van der Waals surface area contributed by atoms with Crippen molar-refractivity contribution in [3.8, 4) is 5.75 Å². The zero-order chi connectivity index (χ0) is 13.2. The highest BCUT2D eigenvalue weighted by Crippen LogP contribution is 2.33. The van der Waals surface area contributed by atoms with Crippen LogP contribution in [-0.2, 0) is 6.67 Å². The van der Waals surface area contributed by atoms with Crippen LogP contribution in [0.1, 0.15) is 11.3 Å². The molecule has 0 amide bonds. The summed E-state index contributed by atoms with van der Waals surface area (Å²) in [6.45, 7) is -0.264. The van der Waals surface area contributed by atoms with Crippen LogP contribution >= 0.6 is 0 Å². The monoisotopic (exact) mass is 254 g/mol. The number of alkyl halides is 4. The molecule has 1 heterocycles. The molecule has 0 spiro atoms. The third-order valence-corrected chi connectivity index (χ3v) is 1.84. The van der Waals surface area contributed by atoms with Gasteiger partial charge in [0.25, 0.3) is 5.69 Å². The second-order valence-corrected chi connectivity index (χ2v) is 2.97. The molecule has 0 fully saturated rings. The summed E-state index contributed by atoms with van der Waals surface area (Å²) in [7, 11) is 0. The molecule has 0 unspecified atom stereocenters. The maximum atomic E-state index is 12.6. The van der Waals surface area contributed by atoms with Gasteiger partial charge in [-0.1, -0.05) is 0 Å². The summed E-state index contributed by atoms with van der Waals surface area (Å²) in [6.07, 6.45) is -4.46. The van der Waals surface area contributed by atoms with E-state index in [0.29, 0.717) is 6.20 Å². The lowest BCUT2D eigenvalue weighted by Crippen LogP contribution is -2.19. The Labute approximate surface area is 92.2 Å². The Hall–Kier alpha value is -1.93. The van der Waals surface area contributed by atoms with E-state index in [-0.39, 0.29) is 5.69 Å². The highest BCUT2D eigenvalue weighted by molar-refractivity contribution is 5.50. The van der Waals surface area contributed by atoms with Crippen molar-refractivity contribution in [2.45, 2.75) is 20.0 Å². The maximum Gasteiger partial charge on any atom is 0.573 e. The molecule has 0 N–H and O–H groups in total. The predicted octanol–water partition coefficient (Wildman–Crippen LogP) is 2.67. The topological polar surface area (TPSA) is 65.3 Å². The van der Waals surface area contributed by atoms with Gasteiger partial charge in [0, 0.05) is 0 Å². The minimum Gasteiger partial charge on any atom is -0.403 e. The van der Waals surface area contributed by atoms with Gasteiger partial charge in [-0.2, -0.15) is 0 Å². The number of aryl methyl sites for hydroxylation is 1. The summed E-state index contributed by atoms with van der Waals surface area (Å²) in [6, 6.07) is 0. The largest absolute Gasteiger partial charge is 0.573 e. The number of hydrogen-bond acceptors (Lipinski definition) is 4. The van der Waals surface area contributed by atoms with Gasteiger partial charge in [0.2, 0.25) is 0 Å². The van der Waals surface area contributed by atoms with Crippen molar-refractivity contribution in [1.82, 2.24) is 4.98 Å². The molecule has 9 heteroatoms. The number of rotatable bonds is 3. The van der Waals surface area contributed by atoms with Gasteiger partial charge >= 0.3 is 6.36 Å². The van der Waals surface area contributed by atoms with Crippen molar-refractivity contribution in [3.63, 3.8) is 0 Å². The predicted molar refractivity (Wildman–Crippen MR) is 47.1 cm³/mol.